The van der Waals surface area contributed by atoms with Crippen LogP contribution in [-0.2, 0) is 15.6 Å². The highest BCUT2D eigenvalue weighted by Crippen LogP contribution is 2.21. The smallest absolute Gasteiger partial charge is 0.335 e. The molecule has 0 bridgehead atoms. The van der Waals surface area contributed by atoms with E-state index < -0.39 is 15.8 Å². The van der Waals surface area contributed by atoms with E-state index in [0.717, 1.165) is 5.56 Å². The van der Waals surface area contributed by atoms with E-state index in [1.54, 1.807) is 19.1 Å². The maximum Gasteiger partial charge on any atom is 0.335 e. The summed E-state index contributed by atoms with van der Waals surface area (Å²) in [5.74, 6) is -1.17. The second kappa shape index (κ2) is 5.69. The van der Waals surface area contributed by atoms with Crippen molar-refractivity contribution < 1.29 is 18.3 Å². The first kappa shape index (κ1) is 15.3. The highest BCUT2D eigenvalue weighted by molar-refractivity contribution is 7.90. The lowest BCUT2D eigenvalue weighted by Gasteiger charge is -2.09. The fourth-order valence-electron chi connectivity index (χ4n) is 2.08. The standard InChI is InChI=1S/C16H16O4S/c1-11-3-4-12(2)15(9-11)21(19,20)10-13-5-7-14(8-6-13)16(17)18/h3-9H,10H2,1-2H3,(H,17,18). The molecule has 0 unspecified atom stereocenters. The first-order valence-corrected chi connectivity index (χ1v) is 8.07. The third-order valence-electron chi connectivity index (χ3n) is 3.24. The molecule has 2 aromatic rings. The average Bonchev–Trinajstić information content (AvgIpc) is 2.41. The third kappa shape index (κ3) is 3.49. The molecule has 0 heterocycles. The molecule has 4 nitrogen and oxygen atoms in total. The van der Waals surface area contributed by atoms with Gasteiger partial charge in [-0.1, -0.05) is 24.3 Å². The predicted octanol–water partition coefficient (Wildman–Crippen LogP) is 2.98. The molecule has 0 saturated carbocycles. The van der Waals surface area contributed by atoms with Gasteiger partial charge in [0, 0.05) is 0 Å². The lowest BCUT2D eigenvalue weighted by atomic mass is 10.1. The first-order chi connectivity index (χ1) is 9.79. The predicted molar refractivity (Wildman–Crippen MR) is 80.2 cm³/mol. The zero-order valence-corrected chi connectivity index (χ0v) is 12.6. The number of rotatable bonds is 4. The van der Waals surface area contributed by atoms with Crippen molar-refractivity contribution in [1.82, 2.24) is 0 Å². The van der Waals surface area contributed by atoms with Gasteiger partial charge in [-0.15, -0.1) is 0 Å². The van der Waals surface area contributed by atoms with Gasteiger partial charge in [-0.25, -0.2) is 13.2 Å². The van der Waals surface area contributed by atoms with Crippen LogP contribution in [0.5, 0.6) is 0 Å². The topological polar surface area (TPSA) is 71.4 Å². The summed E-state index contributed by atoms with van der Waals surface area (Å²) in [6.07, 6.45) is 0. The van der Waals surface area contributed by atoms with E-state index in [1.807, 2.05) is 13.0 Å². The second-order valence-corrected chi connectivity index (χ2v) is 6.99. The number of aryl methyl sites for hydroxylation is 2. The minimum absolute atomic E-state index is 0.142. The van der Waals surface area contributed by atoms with Crippen LogP contribution < -0.4 is 0 Å². The first-order valence-electron chi connectivity index (χ1n) is 6.42. The van der Waals surface area contributed by atoms with Crippen molar-refractivity contribution in [3.63, 3.8) is 0 Å². The van der Waals surface area contributed by atoms with Crippen molar-refractivity contribution in [2.75, 3.05) is 0 Å². The molecule has 0 aromatic heterocycles. The number of carboxylic acid groups (broad SMARTS) is 1. The fourth-order valence-corrected chi connectivity index (χ4v) is 3.79. The van der Waals surface area contributed by atoms with Gasteiger partial charge in [0.2, 0.25) is 0 Å². The van der Waals surface area contributed by atoms with E-state index in [-0.39, 0.29) is 11.3 Å². The summed E-state index contributed by atoms with van der Waals surface area (Å²) in [5.41, 5.74) is 2.31. The fraction of sp³-hybridized carbons (Fsp3) is 0.188. The summed E-state index contributed by atoms with van der Waals surface area (Å²) in [4.78, 5) is 11.1. The number of hydrogen-bond donors (Lipinski definition) is 1. The molecular weight excluding hydrogens is 288 g/mol. The van der Waals surface area contributed by atoms with Crippen LogP contribution in [0.2, 0.25) is 0 Å². The largest absolute Gasteiger partial charge is 0.478 e. The van der Waals surface area contributed by atoms with Crippen molar-refractivity contribution in [1.29, 1.82) is 0 Å². The molecule has 5 heteroatoms. The third-order valence-corrected chi connectivity index (χ3v) is 5.06. The lowest BCUT2D eigenvalue weighted by molar-refractivity contribution is 0.0697. The summed E-state index contributed by atoms with van der Waals surface area (Å²) in [7, 11) is -3.45. The molecule has 21 heavy (non-hydrogen) atoms. The molecule has 0 spiro atoms. The van der Waals surface area contributed by atoms with Crippen molar-refractivity contribution in [2.24, 2.45) is 0 Å². The van der Waals surface area contributed by atoms with E-state index >= 15 is 0 Å². The lowest BCUT2D eigenvalue weighted by Crippen LogP contribution is -2.07. The Labute approximate surface area is 124 Å². The number of hydrogen-bond acceptors (Lipinski definition) is 3. The van der Waals surface area contributed by atoms with Crippen LogP contribution in [0.3, 0.4) is 0 Å². The maximum atomic E-state index is 12.5. The summed E-state index contributed by atoms with van der Waals surface area (Å²) in [6, 6.07) is 11.2. The zero-order chi connectivity index (χ0) is 15.6. The molecule has 110 valence electrons. The summed E-state index contributed by atoms with van der Waals surface area (Å²) in [6.45, 7) is 3.61. The molecule has 0 amide bonds. The van der Waals surface area contributed by atoms with E-state index in [1.165, 1.54) is 24.3 Å². The second-order valence-electron chi connectivity index (χ2n) is 5.03. The van der Waals surface area contributed by atoms with E-state index in [0.29, 0.717) is 16.0 Å². The molecule has 2 rings (SSSR count). The zero-order valence-electron chi connectivity index (χ0n) is 11.8. The monoisotopic (exact) mass is 304 g/mol. The molecule has 0 aliphatic rings. The number of aromatic carboxylic acids is 1. The molecule has 0 saturated heterocycles. The van der Waals surface area contributed by atoms with Gasteiger partial charge >= 0.3 is 5.97 Å². The number of benzene rings is 2. The molecule has 0 aliphatic heterocycles. The Morgan fingerprint density at radius 1 is 1.05 bits per heavy atom. The molecular formula is C16H16O4S. The maximum absolute atomic E-state index is 12.5. The SMILES string of the molecule is Cc1ccc(C)c(S(=O)(=O)Cc2ccc(C(=O)O)cc2)c1. The average molecular weight is 304 g/mol. The van der Waals surface area contributed by atoms with Crippen LogP contribution in [0.1, 0.15) is 27.0 Å². The number of carbonyl (C=O) groups is 1. The highest BCUT2D eigenvalue weighted by atomic mass is 32.2. The van der Waals surface area contributed by atoms with Crippen LogP contribution in [-0.4, -0.2) is 19.5 Å². The van der Waals surface area contributed by atoms with Gasteiger partial charge in [0.15, 0.2) is 9.84 Å². The van der Waals surface area contributed by atoms with Crippen LogP contribution in [0.4, 0.5) is 0 Å². The molecule has 1 N–H and O–H groups in total. The Morgan fingerprint density at radius 2 is 1.67 bits per heavy atom. The number of carboxylic acids is 1. The Morgan fingerprint density at radius 3 is 2.24 bits per heavy atom. The Bertz CT molecular complexity index is 774. The Balaban J connectivity index is 2.33. The summed E-state index contributed by atoms with van der Waals surface area (Å²) < 4.78 is 25.0. The normalized spacial score (nSPS) is 11.3. The van der Waals surface area contributed by atoms with Crippen molar-refractivity contribution in [3.05, 3.63) is 64.7 Å². The highest BCUT2D eigenvalue weighted by Gasteiger charge is 2.18. The molecule has 0 fully saturated rings. The van der Waals surface area contributed by atoms with Crippen LogP contribution in [0.15, 0.2) is 47.4 Å². The molecule has 0 aliphatic carbocycles. The van der Waals surface area contributed by atoms with Crippen LogP contribution in [0.25, 0.3) is 0 Å². The van der Waals surface area contributed by atoms with Crippen LogP contribution >= 0.6 is 0 Å². The van der Waals surface area contributed by atoms with Crippen molar-refractivity contribution >= 4 is 15.8 Å². The van der Waals surface area contributed by atoms with E-state index in [2.05, 4.69) is 0 Å². The quantitative estimate of drug-likeness (QED) is 0.942. The summed E-state index contributed by atoms with van der Waals surface area (Å²) in [5, 5.41) is 8.83. The Hall–Kier alpha value is -2.14. The van der Waals surface area contributed by atoms with Gasteiger partial charge in [-0.05, 0) is 48.7 Å². The van der Waals surface area contributed by atoms with Crippen molar-refractivity contribution in [2.45, 2.75) is 24.5 Å². The van der Waals surface area contributed by atoms with E-state index in [9.17, 15) is 13.2 Å². The van der Waals surface area contributed by atoms with Gasteiger partial charge in [-0.3, -0.25) is 0 Å². The van der Waals surface area contributed by atoms with E-state index in [4.69, 9.17) is 5.11 Å². The minimum atomic E-state index is -3.45. The van der Waals surface area contributed by atoms with Gasteiger partial charge in [0.1, 0.15) is 0 Å². The van der Waals surface area contributed by atoms with Crippen molar-refractivity contribution in [3.8, 4) is 0 Å². The van der Waals surface area contributed by atoms with Gasteiger partial charge in [0.25, 0.3) is 0 Å². The Kier molecular flexibility index (Phi) is 4.14. The number of sulfone groups is 1. The molecule has 0 radical (unpaired) electrons. The summed E-state index contributed by atoms with van der Waals surface area (Å²) >= 11 is 0. The molecule has 0 atom stereocenters. The molecule has 2 aromatic carbocycles. The minimum Gasteiger partial charge on any atom is -0.478 e. The van der Waals surface area contributed by atoms with Crippen LogP contribution in [0, 0.1) is 13.8 Å². The van der Waals surface area contributed by atoms with Gasteiger partial charge in [-0.2, -0.15) is 0 Å². The van der Waals surface area contributed by atoms with Gasteiger partial charge in [0.05, 0.1) is 16.2 Å². The van der Waals surface area contributed by atoms with Gasteiger partial charge < -0.3 is 5.11 Å².